The highest BCUT2D eigenvalue weighted by Gasteiger charge is 2.40. The van der Waals surface area contributed by atoms with Crippen LogP contribution in [0.4, 0.5) is 0 Å². The lowest BCUT2D eigenvalue weighted by Gasteiger charge is -2.25. The molecule has 0 aliphatic heterocycles. The number of aryl methyl sites for hydroxylation is 1. The summed E-state index contributed by atoms with van der Waals surface area (Å²) in [6.07, 6.45) is 5.88. The molecule has 1 aliphatic rings. The first kappa shape index (κ1) is 12.3. The van der Waals surface area contributed by atoms with Crippen LogP contribution in [0, 0.1) is 11.3 Å². The summed E-state index contributed by atoms with van der Waals surface area (Å²) in [5.41, 5.74) is 0.810. The van der Waals surface area contributed by atoms with Crippen molar-refractivity contribution in [3.8, 4) is 0 Å². The van der Waals surface area contributed by atoms with Gasteiger partial charge in [0.15, 0.2) is 5.78 Å². The van der Waals surface area contributed by atoms with Gasteiger partial charge in [0.05, 0.1) is 6.20 Å². The lowest BCUT2D eigenvalue weighted by atomic mass is 9.79. The molecule has 1 aromatic rings. The second-order valence-corrected chi connectivity index (χ2v) is 5.64. The fraction of sp³-hybridized carbons (Fsp3) is 0.769. The van der Waals surface area contributed by atoms with E-state index in [4.69, 9.17) is 0 Å². The largest absolute Gasteiger partial charge is 0.292 e. The van der Waals surface area contributed by atoms with E-state index in [0.717, 1.165) is 32.2 Å². The minimum atomic E-state index is 0.123. The second kappa shape index (κ2) is 4.59. The summed E-state index contributed by atoms with van der Waals surface area (Å²) < 4.78 is 1.75. The lowest BCUT2D eigenvalue weighted by Crippen LogP contribution is -2.27. The van der Waals surface area contributed by atoms with E-state index in [2.05, 4.69) is 31.1 Å². The molecule has 1 heterocycles. The highest BCUT2D eigenvalue weighted by atomic mass is 16.1. The van der Waals surface area contributed by atoms with E-state index in [1.807, 2.05) is 0 Å². The van der Waals surface area contributed by atoms with E-state index < -0.39 is 0 Å². The standard InChI is InChI=1S/C13H21N3O/c1-4-8-16-11(9-14-15-16)12(17)10-6-5-7-13(10,2)3/h9-10H,4-8H2,1-3H3. The van der Waals surface area contributed by atoms with Crippen molar-refractivity contribution >= 4 is 5.78 Å². The Labute approximate surface area is 102 Å². The summed E-state index contributed by atoms with van der Waals surface area (Å²) in [4.78, 5) is 12.5. The first-order chi connectivity index (χ1) is 8.06. The molecule has 1 saturated carbocycles. The molecule has 17 heavy (non-hydrogen) atoms. The monoisotopic (exact) mass is 235 g/mol. The van der Waals surface area contributed by atoms with Crippen LogP contribution < -0.4 is 0 Å². The van der Waals surface area contributed by atoms with Gasteiger partial charge in [0.25, 0.3) is 0 Å². The van der Waals surface area contributed by atoms with Gasteiger partial charge >= 0.3 is 0 Å². The molecule has 0 aromatic carbocycles. The fourth-order valence-electron chi connectivity index (χ4n) is 2.82. The van der Waals surface area contributed by atoms with Crippen LogP contribution in [0.3, 0.4) is 0 Å². The van der Waals surface area contributed by atoms with Gasteiger partial charge in [-0.25, -0.2) is 4.68 Å². The number of nitrogens with zero attached hydrogens (tertiary/aromatic N) is 3. The van der Waals surface area contributed by atoms with Gasteiger partial charge in [-0.2, -0.15) is 0 Å². The lowest BCUT2D eigenvalue weighted by molar-refractivity contribution is 0.0827. The van der Waals surface area contributed by atoms with Crippen LogP contribution in [0.5, 0.6) is 0 Å². The molecular formula is C13H21N3O. The molecule has 1 unspecified atom stereocenters. The van der Waals surface area contributed by atoms with Crippen LogP contribution in [0.15, 0.2) is 6.20 Å². The van der Waals surface area contributed by atoms with E-state index in [-0.39, 0.29) is 17.1 Å². The van der Waals surface area contributed by atoms with Gasteiger partial charge in [-0.15, -0.1) is 5.10 Å². The predicted molar refractivity (Wildman–Crippen MR) is 65.8 cm³/mol. The summed E-state index contributed by atoms with van der Waals surface area (Å²) in [7, 11) is 0. The van der Waals surface area contributed by atoms with Crippen molar-refractivity contribution in [2.75, 3.05) is 0 Å². The van der Waals surface area contributed by atoms with Crippen LogP contribution in [0.25, 0.3) is 0 Å². The molecule has 0 spiro atoms. The zero-order valence-electron chi connectivity index (χ0n) is 10.9. The highest BCUT2D eigenvalue weighted by molar-refractivity contribution is 5.96. The molecule has 0 saturated heterocycles. The quantitative estimate of drug-likeness (QED) is 0.754. The Balaban J connectivity index is 2.22. The number of hydrogen-bond donors (Lipinski definition) is 0. The van der Waals surface area contributed by atoms with E-state index in [1.165, 1.54) is 0 Å². The molecular weight excluding hydrogens is 214 g/mol. The predicted octanol–water partition coefficient (Wildman–Crippen LogP) is 2.70. The number of rotatable bonds is 4. The molecule has 0 bridgehead atoms. The van der Waals surface area contributed by atoms with Crippen molar-refractivity contribution in [1.29, 1.82) is 0 Å². The minimum absolute atomic E-state index is 0.123. The maximum Gasteiger partial charge on any atom is 0.186 e. The van der Waals surface area contributed by atoms with Crippen molar-refractivity contribution in [3.05, 3.63) is 11.9 Å². The molecule has 94 valence electrons. The highest BCUT2D eigenvalue weighted by Crippen LogP contribution is 2.43. The Morgan fingerprint density at radius 1 is 1.59 bits per heavy atom. The van der Waals surface area contributed by atoms with Crippen LogP contribution >= 0.6 is 0 Å². The Morgan fingerprint density at radius 2 is 2.35 bits per heavy atom. The SMILES string of the molecule is CCCn1nncc1C(=O)C1CCCC1(C)C. The van der Waals surface area contributed by atoms with E-state index in [9.17, 15) is 4.79 Å². The van der Waals surface area contributed by atoms with Crippen molar-refractivity contribution < 1.29 is 4.79 Å². The van der Waals surface area contributed by atoms with Crippen LogP contribution in [-0.4, -0.2) is 20.8 Å². The Morgan fingerprint density at radius 3 is 2.94 bits per heavy atom. The van der Waals surface area contributed by atoms with E-state index in [1.54, 1.807) is 10.9 Å². The van der Waals surface area contributed by atoms with Crippen molar-refractivity contribution in [2.45, 2.75) is 53.0 Å². The molecule has 0 amide bonds. The number of ketones is 1. The zero-order chi connectivity index (χ0) is 12.5. The number of hydrogen-bond acceptors (Lipinski definition) is 3. The van der Waals surface area contributed by atoms with Crippen molar-refractivity contribution in [1.82, 2.24) is 15.0 Å². The van der Waals surface area contributed by atoms with E-state index in [0.29, 0.717) is 5.69 Å². The maximum atomic E-state index is 12.5. The smallest absolute Gasteiger partial charge is 0.186 e. The van der Waals surface area contributed by atoms with Gasteiger partial charge in [0, 0.05) is 12.5 Å². The third-order valence-electron chi connectivity index (χ3n) is 3.88. The average molecular weight is 235 g/mol. The summed E-state index contributed by atoms with van der Waals surface area (Å²) >= 11 is 0. The van der Waals surface area contributed by atoms with Crippen molar-refractivity contribution in [2.24, 2.45) is 11.3 Å². The summed E-state index contributed by atoms with van der Waals surface area (Å²) in [6, 6.07) is 0. The number of aromatic nitrogens is 3. The van der Waals surface area contributed by atoms with Gasteiger partial charge < -0.3 is 0 Å². The van der Waals surface area contributed by atoms with Gasteiger partial charge in [-0.1, -0.05) is 32.4 Å². The molecule has 1 aromatic heterocycles. The molecule has 2 rings (SSSR count). The molecule has 1 atom stereocenters. The maximum absolute atomic E-state index is 12.5. The Kier molecular flexibility index (Phi) is 3.31. The molecule has 0 N–H and O–H groups in total. The van der Waals surface area contributed by atoms with Crippen LogP contribution in [0.1, 0.15) is 56.9 Å². The zero-order valence-corrected chi connectivity index (χ0v) is 10.9. The minimum Gasteiger partial charge on any atom is -0.292 e. The van der Waals surface area contributed by atoms with Gasteiger partial charge in [0.2, 0.25) is 0 Å². The summed E-state index contributed by atoms with van der Waals surface area (Å²) in [5.74, 6) is 0.363. The Bertz CT molecular complexity index is 409. The first-order valence-electron chi connectivity index (χ1n) is 6.49. The first-order valence-corrected chi connectivity index (χ1v) is 6.49. The van der Waals surface area contributed by atoms with Gasteiger partial charge in [0.1, 0.15) is 5.69 Å². The molecule has 1 fully saturated rings. The normalized spacial score (nSPS) is 22.9. The van der Waals surface area contributed by atoms with Crippen molar-refractivity contribution in [3.63, 3.8) is 0 Å². The van der Waals surface area contributed by atoms with Gasteiger partial charge in [-0.3, -0.25) is 4.79 Å². The molecule has 0 radical (unpaired) electrons. The molecule has 4 heteroatoms. The fourth-order valence-corrected chi connectivity index (χ4v) is 2.82. The molecule has 1 aliphatic carbocycles. The summed E-state index contributed by atoms with van der Waals surface area (Å²) in [6.45, 7) is 7.23. The third-order valence-corrected chi connectivity index (χ3v) is 3.88. The number of carbonyl (C=O) groups is 1. The van der Waals surface area contributed by atoms with E-state index >= 15 is 0 Å². The van der Waals surface area contributed by atoms with Crippen LogP contribution in [0.2, 0.25) is 0 Å². The Hall–Kier alpha value is -1.19. The average Bonchev–Trinajstić information content (AvgIpc) is 2.84. The molecule has 4 nitrogen and oxygen atoms in total. The van der Waals surface area contributed by atoms with Gasteiger partial charge in [-0.05, 0) is 24.7 Å². The van der Waals surface area contributed by atoms with Crippen LogP contribution in [-0.2, 0) is 6.54 Å². The third kappa shape index (κ3) is 2.26. The summed E-state index contributed by atoms with van der Waals surface area (Å²) in [5, 5.41) is 7.87. The number of Topliss-reactive ketones (excluding diaryl/α,β-unsaturated/α-hetero) is 1. The second-order valence-electron chi connectivity index (χ2n) is 5.64. The topological polar surface area (TPSA) is 47.8 Å². The number of carbonyl (C=O) groups excluding carboxylic acids is 1.